The Morgan fingerprint density at radius 3 is 2.47 bits per heavy atom. The van der Waals surface area contributed by atoms with E-state index in [0.29, 0.717) is 17.6 Å². The molecule has 0 N–H and O–H groups in total. The monoisotopic (exact) mass is 620 g/mol. The minimum absolute atomic E-state index is 0.0853. The summed E-state index contributed by atoms with van der Waals surface area (Å²) in [7, 11) is 0. The average Bonchev–Trinajstić information content (AvgIpc) is 3.17. The van der Waals surface area contributed by atoms with Crippen molar-refractivity contribution in [2.75, 3.05) is 0 Å². The van der Waals surface area contributed by atoms with Gasteiger partial charge in [0.2, 0.25) is 0 Å². The first-order valence-electron chi connectivity index (χ1n) is 17.0. The lowest BCUT2D eigenvalue weighted by atomic mass is 9.81. The van der Waals surface area contributed by atoms with E-state index >= 15 is 0 Å². The third-order valence-electron chi connectivity index (χ3n) is 9.66. The van der Waals surface area contributed by atoms with Crippen LogP contribution >= 0.6 is 0 Å². The second kappa shape index (κ2) is 12.9. The van der Waals surface area contributed by atoms with Gasteiger partial charge < -0.3 is 4.57 Å². The van der Waals surface area contributed by atoms with Crippen LogP contribution in [0.3, 0.4) is 0 Å². The normalized spacial score (nSPS) is 17.7. The lowest BCUT2D eigenvalue weighted by molar-refractivity contribution is 0.314. The molecule has 4 heteroatoms. The van der Waals surface area contributed by atoms with Gasteiger partial charge in [0.15, 0.2) is 11.6 Å². The molecule has 1 unspecified atom stereocenters. The predicted octanol–water partition coefficient (Wildman–Crippen LogP) is 11.3. The lowest BCUT2D eigenvalue weighted by Crippen LogP contribution is -2.15. The van der Waals surface area contributed by atoms with Crippen LogP contribution in [0.2, 0.25) is 0 Å². The molecule has 47 heavy (non-hydrogen) atoms. The van der Waals surface area contributed by atoms with Crippen molar-refractivity contribution in [3.63, 3.8) is 0 Å². The molecule has 0 fully saturated rings. The molecule has 2 heterocycles. The summed E-state index contributed by atoms with van der Waals surface area (Å²) >= 11 is 0. The fraction of sp³-hybridized carbons (Fsp3) is 0.326. The van der Waals surface area contributed by atoms with E-state index in [2.05, 4.69) is 169 Å². The second-order valence-corrected chi connectivity index (χ2v) is 15.0. The molecule has 0 saturated carbocycles. The van der Waals surface area contributed by atoms with E-state index in [4.69, 9.17) is 15.0 Å². The first kappa shape index (κ1) is 32.4. The van der Waals surface area contributed by atoms with Gasteiger partial charge in [-0.15, -0.1) is 0 Å². The average molecular weight is 621 g/mol. The van der Waals surface area contributed by atoms with Crippen LogP contribution in [0.25, 0.3) is 39.6 Å². The third kappa shape index (κ3) is 6.79. The summed E-state index contributed by atoms with van der Waals surface area (Å²) in [5.41, 5.74) is 8.47. The van der Waals surface area contributed by atoms with Crippen molar-refractivity contribution in [3.8, 4) is 17.1 Å². The van der Waals surface area contributed by atoms with Crippen LogP contribution in [-0.4, -0.2) is 19.5 Å². The van der Waals surface area contributed by atoms with Gasteiger partial charge >= 0.3 is 0 Å². The summed E-state index contributed by atoms with van der Waals surface area (Å²) in [6, 6.07) is 17.3. The number of nitrogens with zero attached hydrogens (tertiary/aromatic N) is 4. The number of allylic oxidation sites excluding steroid dienone is 11. The number of benzene rings is 2. The zero-order valence-electron chi connectivity index (χ0n) is 29.3. The second-order valence-electron chi connectivity index (χ2n) is 15.0. The number of para-hydroxylation sites is 1. The fourth-order valence-electron chi connectivity index (χ4n) is 6.21. The highest BCUT2D eigenvalue weighted by Crippen LogP contribution is 2.36. The summed E-state index contributed by atoms with van der Waals surface area (Å²) in [6.45, 7) is 17.9. The summed E-state index contributed by atoms with van der Waals surface area (Å²) < 4.78 is 2.37. The largest absolute Gasteiger partial charge is 0.310 e. The molecule has 2 aliphatic carbocycles. The van der Waals surface area contributed by atoms with Gasteiger partial charge in [-0.3, -0.25) is 0 Å². The molecule has 2 aromatic carbocycles. The zero-order chi connectivity index (χ0) is 33.3. The van der Waals surface area contributed by atoms with E-state index in [1.807, 2.05) is 0 Å². The van der Waals surface area contributed by atoms with Crippen molar-refractivity contribution in [2.45, 2.75) is 74.1 Å². The number of rotatable bonds is 6. The molecule has 4 aromatic rings. The third-order valence-corrected chi connectivity index (χ3v) is 9.66. The summed E-state index contributed by atoms with van der Waals surface area (Å²) in [6.07, 6.45) is 24.0. The molecule has 0 spiro atoms. The van der Waals surface area contributed by atoms with Crippen molar-refractivity contribution in [1.29, 1.82) is 0 Å². The molecule has 0 bridgehead atoms. The Labute approximate surface area is 281 Å². The molecule has 240 valence electrons. The van der Waals surface area contributed by atoms with Crippen LogP contribution in [0, 0.1) is 16.7 Å². The number of fused-ring (bicyclic) bond motifs is 3. The van der Waals surface area contributed by atoms with Crippen LogP contribution in [0.15, 0.2) is 109 Å². The van der Waals surface area contributed by atoms with E-state index in [-0.39, 0.29) is 16.7 Å². The van der Waals surface area contributed by atoms with Crippen molar-refractivity contribution in [1.82, 2.24) is 19.5 Å². The van der Waals surface area contributed by atoms with Gasteiger partial charge in [0.25, 0.3) is 0 Å². The number of hydrogen-bond donors (Lipinski definition) is 0. The van der Waals surface area contributed by atoms with Crippen molar-refractivity contribution in [3.05, 3.63) is 132 Å². The molecule has 6 rings (SSSR count). The highest BCUT2D eigenvalue weighted by molar-refractivity contribution is 5.91. The van der Waals surface area contributed by atoms with E-state index in [9.17, 15) is 0 Å². The molecule has 2 aliphatic rings. The standard InChI is InChI=1S/C43H48N4/c1-9-30(23-22-29(2)42(3,4)5)39-44-40(31-24-26-33(27-25-31)43(6,7)8)46-41(45-39)32-16-15-17-34(28-32)47-37-20-12-10-11-18-35(37)36-19-13-14-21-38(36)47/h9-17,19-24,26-29,31H,18,25H2,1-8H3/b23-22-,30-9+/t29?,31-/m1/s1. The van der Waals surface area contributed by atoms with Crippen LogP contribution in [0.4, 0.5) is 0 Å². The molecule has 4 nitrogen and oxygen atoms in total. The van der Waals surface area contributed by atoms with E-state index in [1.54, 1.807) is 0 Å². The minimum Gasteiger partial charge on any atom is -0.310 e. The summed E-state index contributed by atoms with van der Waals surface area (Å²) in [5.74, 6) is 2.70. The topological polar surface area (TPSA) is 43.6 Å². The Bertz CT molecular complexity index is 1980. The maximum absolute atomic E-state index is 5.17. The van der Waals surface area contributed by atoms with Gasteiger partial charge in [0, 0.05) is 28.1 Å². The zero-order valence-corrected chi connectivity index (χ0v) is 29.3. The van der Waals surface area contributed by atoms with Gasteiger partial charge in [0.05, 0.1) is 11.2 Å². The van der Waals surface area contributed by atoms with Crippen molar-refractivity contribution in [2.24, 2.45) is 16.7 Å². The summed E-state index contributed by atoms with van der Waals surface area (Å²) in [4.78, 5) is 15.4. The Balaban J connectivity index is 1.47. The molecule has 0 aliphatic heterocycles. The first-order valence-corrected chi connectivity index (χ1v) is 17.0. The van der Waals surface area contributed by atoms with Crippen LogP contribution in [0.5, 0.6) is 0 Å². The highest BCUT2D eigenvalue weighted by Gasteiger charge is 2.24. The molecule has 0 radical (unpaired) electrons. The fourth-order valence-corrected chi connectivity index (χ4v) is 6.21. The molecule has 2 aromatic heterocycles. The van der Waals surface area contributed by atoms with Crippen LogP contribution in [0.1, 0.15) is 90.6 Å². The lowest BCUT2D eigenvalue weighted by Gasteiger charge is -2.25. The molecule has 0 saturated heterocycles. The van der Waals surface area contributed by atoms with Gasteiger partial charge in [-0.1, -0.05) is 133 Å². The molecule has 0 amide bonds. The van der Waals surface area contributed by atoms with Gasteiger partial charge in [0.1, 0.15) is 5.82 Å². The van der Waals surface area contributed by atoms with Gasteiger partial charge in [-0.05, 0) is 71.9 Å². The van der Waals surface area contributed by atoms with E-state index in [0.717, 1.165) is 35.5 Å². The Morgan fingerprint density at radius 1 is 0.936 bits per heavy atom. The Kier molecular flexibility index (Phi) is 8.89. The smallest absolute Gasteiger partial charge is 0.163 e. The predicted molar refractivity (Wildman–Crippen MR) is 199 cm³/mol. The number of hydrogen-bond acceptors (Lipinski definition) is 3. The van der Waals surface area contributed by atoms with Gasteiger partial charge in [-0.2, -0.15) is 0 Å². The molecular weight excluding hydrogens is 573 g/mol. The Morgan fingerprint density at radius 2 is 1.74 bits per heavy atom. The van der Waals surface area contributed by atoms with E-state index in [1.165, 1.54) is 27.7 Å². The van der Waals surface area contributed by atoms with Crippen LogP contribution < -0.4 is 0 Å². The maximum Gasteiger partial charge on any atom is 0.163 e. The SMILES string of the molecule is C/C=C(\C=C/C(C)C(C)(C)C)c1nc(-c2cccc(-n3c4c(c5ccccc53)CC=CC=C4)c2)nc([C@@H]2C=CC(C(C)(C)C)=CC2)n1. The highest BCUT2D eigenvalue weighted by atomic mass is 15.0. The first-order chi connectivity index (χ1) is 22.4. The molecular formula is C43H48N4. The summed E-state index contributed by atoms with van der Waals surface area (Å²) in [5, 5.41) is 1.29. The van der Waals surface area contributed by atoms with Gasteiger partial charge in [-0.25, -0.2) is 15.0 Å². The van der Waals surface area contributed by atoms with E-state index < -0.39 is 0 Å². The Hall–Kier alpha value is -4.57. The van der Waals surface area contributed by atoms with Crippen molar-refractivity contribution >= 4 is 22.6 Å². The number of aromatic nitrogens is 4. The molecule has 2 atom stereocenters. The minimum atomic E-state index is 0.0853. The quantitative estimate of drug-likeness (QED) is 0.201. The van der Waals surface area contributed by atoms with Crippen molar-refractivity contribution < 1.29 is 0 Å². The van der Waals surface area contributed by atoms with Crippen LogP contribution in [-0.2, 0) is 6.42 Å². The maximum atomic E-state index is 5.17.